The Kier molecular flexibility index (Phi) is 9.29. The standard InChI is InChI=1S/C37H47F3N2O4Si/c1-35(2,3)47(4,5)46-29-21-36(13-6-14-36)20-28-31(29)30(23-9-15-44-16-10-23)32(33(42-28)24-11-17-45-18-12-24)34(43)25-7-8-27(37(38,39)40)26(19-25)22-41/h7-9,19,24,29,34,43H,6,10-18,20-21H2,1-5H3. The largest absolute Gasteiger partial charge is 0.417 e. The molecule has 6 nitrogen and oxygen atoms in total. The van der Waals surface area contributed by atoms with Gasteiger partial charge in [0.25, 0.3) is 0 Å². The monoisotopic (exact) mass is 668 g/mol. The number of pyridine rings is 1. The second-order valence-electron chi connectivity index (χ2n) is 15.5. The van der Waals surface area contributed by atoms with Gasteiger partial charge in [-0.2, -0.15) is 18.4 Å². The molecule has 0 radical (unpaired) electrons. The van der Waals surface area contributed by atoms with Crippen LogP contribution in [0.4, 0.5) is 13.2 Å². The average molecular weight is 669 g/mol. The lowest BCUT2D eigenvalue weighted by Gasteiger charge is -2.51. The molecule has 2 aliphatic heterocycles. The Morgan fingerprint density at radius 1 is 1.11 bits per heavy atom. The highest BCUT2D eigenvalue weighted by atomic mass is 28.4. The van der Waals surface area contributed by atoms with Gasteiger partial charge in [-0.15, -0.1) is 0 Å². The minimum Gasteiger partial charge on any atom is -0.410 e. The second-order valence-corrected chi connectivity index (χ2v) is 20.3. The number of aromatic nitrogens is 1. The summed E-state index contributed by atoms with van der Waals surface area (Å²) < 4.78 is 60.2. The minimum absolute atomic E-state index is 0.0156. The average Bonchev–Trinajstić information content (AvgIpc) is 3.02. The molecule has 47 heavy (non-hydrogen) atoms. The molecule has 1 spiro atoms. The summed E-state index contributed by atoms with van der Waals surface area (Å²) >= 11 is 0. The van der Waals surface area contributed by atoms with Crippen LogP contribution >= 0.6 is 0 Å². The van der Waals surface area contributed by atoms with Crippen molar-refractivity contribution >= 4 is 13.9 Å². The predicted molar refractivity (Wildman–Crippen MR) is 176 cm³/mol. The van der Waals surface area contributed by atoms with Crippen LogP contribution in [-0.4, -0.2) is 44.8 Å². The molecule has 10 heteroatoms. The Bertz CT molecular complexity index is 1580. The van der Waals surface area contributed by atoms with E-state index in [4.69, 9.17) is 18.9 Å². The lowest BCUT2D eigenvalue weighted by atomic mass is 9.59. The number of aliphatic hydroxyl groups excluding tert-OH is 1. The number of nitriles is 1. The van der Waals surface area contributed by atoms with Gasteiger partial charge in [-0.25, -0.2) is 0 Å². The van der Waals surface area contributed by atoms with Crippen molar-refractivity contribution in [1.82, 2.24) is 4.98 Å². The molecule has 1 aromatic carbocycles. The molecule has 1 aromatic heterocycles. The number of aliphatic hydroxyl groups is 1. The van der Waals surface area contributed by atoms with E-state index in [-0.39, 0.29) is 28.0 Å². The molecule has 4 aliphatic rings. The summed E-state index contributed by atoms with van der Waals surface area (Å²) in [7, 11) is -2.27. The van der Waals surface area contributed by atoms with Gasteiger partial charge in [-0.1, -0.05) is 39.3 Å². The van der Waals surface area contributed by atoms with E-state index in [1.165, 1.54) is 18.6 Å². The van der Waals surface area contributed by atoms with Crippen LogP contribution in [0.15, 0.2) is 24.3 Å². The summed E-state index contributed by atoms with van der Waals surface area (Å²) in [5.41, 5.74) is 4.31. The van der Waals surface area contributed by atoms with Crippen LogP contribution in [0.25, 0.3) is 5.57 Å². The van der Waals surface area contributed by atoms with Gasteiger partial charge in [-0.05, 0) is 97.3 Å². The van der Waals surface area contributed by atoms with E-state index in [2.05, 4.69) is 39.9 Å². The van der Waals surface area contributed by atoms with E-state index in [1.54, 1.807) is 6.07 Å². The van der Waals surface area contributed by atoms with Crippen LogP contribution in [0.1, 0.15) is 129 Å². The molecule has 6 rings (SSSR count). The quantitative estimate of drug-likeness (QED) is 0.310. The van der Waals surface area contributed by atoms with E-state index in [0.29, 0.717) is 38.4 Å². The Hall–Kier alpha value is -2.55. The van der Waals surface area contributed by atoms with Crippen molar-refractivity contribution in [2.45, 2.75) is 115 Å². The number of halogens is 3. The van der Waals surface area contributed by atoms with Crippen LogP contribution in [0.5, 0.6) is 0 Å². The number of hydrogen-bond acceptors (Lipinski definition) is 6. The van der Waals surface area contributed by atoms with Crippen LogP contribution in [0, 0.1) is 16.7 Å². The van der Waals surface area contributed by atoms with Gasteiger partial charge < -0.3 is 19.0 Å². The van der Waals surface area contributed by atoms with E-state index < -0.39 is 31.7 Å². The van der Waals surface area contributed by atoms with Crippen molar-refractivity contribution in [1.29, 1.82) is 5.26 Å². The number of hydrogen-bond donors (Lipinski definition) is 1. The lowest BCUT2D eigenvalue weighted by molar-refractivity contribution is -0.137. The zero-order valence-electron chi connectivity index (χ0n) is 28.2. The maximum atomic E-state index is 13.8. The predicted octanol–water partition coefficient (Wildman–Crippen LogP) is 8.93. The number of ether oxygens (including phenoxy) is 2. The molecule has 0 amide bonds. The molecule has 2 unspecified atom stereocenters. The fraction of sp³-hybridized carbons (Fsp3) is 0.622. The summed E-state index contributed by atoms with van der Waals surface area (Å²) in [6.45, 7) is 13.4. The number of nitrogens with zero attached hydrogens (tertiary/aromatic N) is 2. The molecule has 2 aromatic rings. The van der Waals surface area contributed by atoms with Gasteiger partial charge in [0.1, 0.15) is 6.10 Å². The molecule has 2 atom stereocenters. The first kappa shape index (κ1) is 34.3. The third-order valence-corrected chi connectivity index (χ3v) is 16.0. The molecule has 3 heterocycles. The highest BCUT2D eigenvalue weighted by Gasteiger charge is 2.50. The zero-order chi connectivity index (χ0) is 33.8. The number of benzene rings is 1. The number of alkyl halides is 3. The maximum absolute atomic E-state index is 13.8. The van der Waals surface area contributed by atoms with Gasteiger partial charge in [0.05, 0.1) is 42.2 Å². The van der Waals surface area contributed by atoms with Gasteiger partial charge in [0.15, 0.2) is 8.32 Å². The maximum Gasteiger partial charge on any atom is 0.417 e. The Balaban J connectivity index is 1.62. The van der Waals surface area contributed by atoms with Crippen molar-refractivity contribution in [2.24, 2.45) is 5.41 Å². The molecular formula is C37H47F3N2O4Si. The van der Waals surface area contributed by atoms with E-state index >= 15 is 0 Å². The van der Waals surface area contributed by atoms with Gasteiger partial charge in [-0.3, -0.25) is 4.98 Å². The summed E-state index contributed by atoms with van der Waals surface area (Å²) in [5.74, 6) is 0.0156. The van der Waals surface area contributed by atoms with Crippen LogP contribution in [0.3, 0.4) is 0 Å². The summed E-state index contributed by atoms with van der Waals surface area (Å²) in [6.07, 6.45) is 3.18. The zero-order valence-corrected chi connectivity index (χ0v) is 29.2. The van der Waals surface area contributed by atoms with Crippen molar-refractivity contribution in [2.75, 3.05) is 26.4 Å². The van der Waals surface area contributed by atoms with Gasteiger partial charge in [0, 0.05) is 36.0 Å². The molecule has 254 valence electrons. The smallest absolute Gasteiger partial charge is 0.410 e. The summed E-state index contributed by atoms with van der Waals surface area (Å²) in [4.78, 5) is 5.47. The first-order chi connectivity index (χ1) is 22.1. The summed E-state index contributed by atoms with van der Waals surface area (Å²) in [6, 6.07) is 5.12. The number of rotatable bonds is 6. The molecule has 2 fully saturated rings. The van der Waals surface area contributed by atoms with Crippen molar-refractivity contribution < 1.29 is 32.2 Å². The van der Waals surface area contributed by atoms with Gasteiger partial charge >= 0.3 is 6.18 Å². The minimum atomic E-state index is -4.68. The molecule has 1 saturated heterocycles. The van der Waals surface area contributed by atoms with E-state index in [0.717, 1.165) is 72.7 Å². The highest BCUT2D eigenvalue weighted by Crippen LogP contribution is 2.58. The lowest BCUT2D eigenvalue weighted by Crippen LogP contribution is -2.46. The Labute approximate surface area is 277 Å². The van der Waals surface area contributed by atoms with Crippen molar-refractivity contribution in [3.63, 3.8) is 0 Å². The third kappa shape index (κ3) is 6.59. The van der Waals surface area contributed by atoms with Crippen LogP contribution in [-0.2, 0) is 26.5 Å². The summed E-state index contributed by atoms with van der Waals surface area (Å²) in [5, 5.41) is 22.1. The first-order valence-corrected chi connectivity index (χ1v) is 19.9. The topological polar surface area (TPSA) is 84.6 Å². The van der Waals surface area contributed by atoms with E-state index in [1.807, 2.05) is 0 Å². The third-order valence-electron chi connectivity index (χ3n) is 11.5. The fourth-order valence-electron chi connectivity index (χ4n) is 7.68. The van der Waals surface area contributed by atoms with Crippen LogP contribution in [0.2, 0.25) is 18.1 Å². The Morgan fingerprint density at radius 2 is 1.83 bits per heavy atom. The van der Waals surface area contributed by atoms with Crippen LogP contribution < -0.4 is 0 Å². The SMILES string of the molecule is CC(C)(C)[Si](C)(C)OC1CC2(CCC2)Cc2nc(C3CCOCC3)c(C(O)c3ccc(C(F)(F)F)c(C#N)c3)c(C3=CCOCC3)c21. The highest BCUT2D eigenvalue weighted by molar-refractivity contribution is 6.74. The molecular weight excluding hydrogens is 621 g/mol. The molecule has 1 saturated carbocycles. The first-order valence-electron chi connectivity index (χ1n) is 17.0. The fourth-order valence-corrected chi connectivity index (χ4v) is 8.94. The number of fused-ring (bicyclic) bond motifs is 1. The Morgan fingerprint density at radius 3 is 2.40 bits per heavy atom. The van der Waals surface area contributed by atoms with E-state index in [9.17, 15) is 23.5 Å². The van der Waals surface area contributed by atoms with Gasteiger partial charge in [0.2, 0.25) is 0 Å². The second kappa shape index (κ2) is 12.7. The normalized spacial score (nSPS) is 22.6. The molecule has 1 N–H and O–H groups in total. The van der Waals surface area contributed by atoms with Crippen molar-refractivity contribution in [3.05, 3.63) is 69.0 Å². The molecule has 2 aliphatic carbocycles. The molecule has 0 bridgehead atoms. The van der Waals surface area contributed by atoms with Crippen molar-refractivity contribution in [3.8, 4) is 6.07 Å².